The van der Waals surface area contributed by atoms with Gasteiger partial charge in [-0.2, -0.15) is 0 Å². The van der Waals surface area contributed by atoms with Crippen LogP contribution in [0.15, 0.2) is 18.2 Å². The van der Waals surface area contributed by atoms with E-state index in [9.17, 15) is 0 Å². The molecule has 1 heterocycles. The molecule has 0 aromatic heterocycles. The Morgan fingerprint density at radius 3 is 3.14 bits per heavy atom. The van der Waals surface area contributed by atoms with E-state index in [-0.39, 0.29) is 0 Å². The summed E-state index contributed by atoms with van der Waals surface area (Å²) in [5.41, 5.74) is 1.07. The average molecular weight is 194 g/mol. The van der Waals surface area contributed by atoms with Crippen LogP contribution in [-0.2, 0) is 6.54 Å². The molecule has 0 radical (unpaired) electrons. The fraction of sp³-hybridized carbons (Fsp3) is 0.400. The predicted octanol–water partition coefficient (Wildman–Crippen LogP) is 0.763. The van der Waals surface area contributed by atoms with Crippen molar-refractivity contribution < 1.29 is 9.47 Å². The Hall–Kier alpha value is -1.26. The van der Waals surface area contributed by atoms with Gasteiger partial charge < -0.3 is 9.47 Å². The van der Waals surface area contributed by atoms with Crippen LogP contribution < -0.4 is 15.3 Å². The second-order valence-electron chi connectivity index (χ2n) is 3.27. The molecule has 0 unspecified atom stereocenters. The van der Waals surface area contributed by atoms with Gasteiger partial charge in [0, 0.05) is 18.7 Å². The average Bonchev–Trinajstić information content (AvgIpc) is 2.37. The van der Waals surface area contributed by atoms with Crippen LogP contribution in [0.3, 0.4) is 0 Å². The number of hydrogen-bond donors (Lipinski definition) is 1. The molecule has 2 N–H and O–H groups in total. The normalized spacial score (nSPS) is 16.7. The summed E-state index contributed by atoms with van der Waals surface area (Å²) in [5.74, 6) is 7.35. The lowest BCUT2D eigenvalue weighted by atomic mass is 10.2. The van der Waals surface area contributed by atoms with E-state index in [0.717, 1.165) is 23.6 Å². The Kier molecular flexibility index (Phi) is 2.56. The van der Waals surface area contributed by atoms with E-state index in [1.807, 2.05) is 18.2 Å². The Balaban J connectivity index is 2.38. The molecule has 1 aromatic rings. The van der Waals surface area contributed by atoms with Gasteiger partial charge in [0.15, 0.2) is 11.5 Å². The van der Waals surface area contributed by atoms with Gasteiger partial charge in [-0.15, -0.1) is 0 Å². The molecule has 0 spiro atoms. The van der Waals surface area contributed by atoms with Crippen LogP contribution in [0.2, 0.25) is 0 Å². The first kappa shape index (κ1) is 9.30. The molecule has 1 aliphatic rings. The minimum absolute atomic E-state index is 0.601. The monoisotopic (exact) mass is 194 g/mol. The highest BCUT2D eigenvalue weighted by Gasteiger charge is 2.16. The molecule has 4 nitrogen and oxygen atoms in total. The maximum atomic E-state index is 5.75. The van der Waals surface area contributed by atoms with Crippen LogP contribution in [0.25, 0.3) is 0 Å². The summed E-state index contributed by atoms with van der Waals surface area (Å²) < 4.78 is 10.8. The number of fused-ring (bicyclic) bond motifs is 1. The molecule has 1 aliphatic heterocycles. The van der Waals surface area contributed by atoms with Crippen molar-refractivity contribution in [3.05, 3.63) is 23.8 Å². The van der Waals surface area contributed by atoms with Gasteiger partial charge in [0.05, 0.1) is 7.11 Å². The van der Waals surface area contributed by atoms with Gasteiger partial charge >= 0.3 is 0 Å². The fourth-order valence-electron chi connectivity index (χ4n) is 1.57. The lowest BCUT2D eigenvalue weighted by Crippen LogP contribution is -2.32. The van der Waals surface area contributed by atoms with Crippen molar-refractivity contribution in [3.8, 4) is 11.5 Å². The topological polar surface area (TPSA) is 47.7 Å². The van der Waals surface area contributed by atoms with E-state index < -0.39 is 0 Å². The van der Waals surface area contributed by atoms with Gasteiger partial charge in [0.1, 0.15) is 6.61 Å². The SMILES string of the molecule is COc1cccc2c1OCCN(N)C2. The zero-order valence-corrected chi connectivity index (χ0v) is 8.19. The fourth-order valence-corrected chi connectivity index (χ4v) is 1.57. The standard InChI is InChI=1S/C10H14N2O2/c1-13-9-4-2-3-8-7-12(11)5-6-14-10(8)9/h2-4H,5-7,11H2,1H3. The number of rotatable bonds is 1. The lowest BCUT2D eigenvalue weighted by Gasteiger charge is -2.12. The lowest BCUT2D eigenvalue weighted by molar-refractivity contribution is 0.227. The molecule has 1 aromatic carbocycles. The van der Waals surface area contributed by atoms with Gasteiger partial charge in [0.25, 0.3) is 0 Å². The van der Waals surface area contributed by atoms with Crippen molar-refractivity contribution in [2.45, 2.75) is 6.54 Å². The number of methoxy groups -OCH3 is 1. The molecule has 76 valence electrons. The first-order chi connectivity index (χ1) is 6.81. The number of nitrogens with two attached hydrogens (primary N) is 1. The van der Waals surface area contributed by atoms with Crippen molar-refractivity contribution >= 4 is 0 Å². The van der Waals surface area contributed by atoms with Crippen molar-refractivity contribution in [2.75, 3.05) is 20.3 Å². The van der Waals surface area contributed by atoms with E-state index in [1.165, 1.54) is 0 Å². The molecule has 0 amide bonds. The second kappa shape index (κ2) is 3.86. The third-order valence-corrected chi connectivity index (χ3v) is 2.28. The molecular formula is C10H14N2O2. The summed E-state index contributed by atoms with van der Waals surface area (Å²) in [5, 5.41) is 1.74. The molecule has 2 rings (SSSR count). The number of ether oxygens (including phenoxy) is 2. The van der Waals surface area contributed by atoms with E-state index in [1.54, 1.807) is 12.1 Å². The highest BCUT2D eigenvalue weighted by Crippen LogP contribution is 2.32. The van der Waals surface area contributed by atoms with Gasteiger partial charge in [0.2, 0.25) is 0 Å². The minimum Gasteiger partial charge on any atom is -0.493 e. The number of nitrogens with zero attached hydrogens (tertiary/aromatic N) is 1. The Bertz CT molecular complexity index is 328. The van der Waals surface area contributed by atoms with Crippen LogP contribution >= 0.6 is 0 Å². The summed E-state index contributed by atoms with van der Waals surface area (Å²) in [6, 6.07) is 5.84. The molecule has 14 heavy (non-hydrogen) atoms. The number of hydrogen-bond acceptors (Lipinski definition) is 4. The molecular weight excluding hydrogens is 180 g/mol. The zero-order valence-electron chi connectivity index (χ0n) is 8.19. The van der Waals surface area contributed by atoms with E-state index >= 15 is 0 Å². The van der Waals surface area contributed by atoms with E-state index in [2.05, 4.69) is 0 Å². The summed E-state index contributed by atoms with van der Waals surface area (Å²) in [7, 11) is 1.64. The van der Waals surface area contributed by atoms with Crippen LogP contribution in [0.1, 0.15) is 5.56 Å². The first-order valence-electron chi connectivity index (χ1n) is 4.59. The quantitative estimate of drug-likeness (QED) is 0.671. The second-order valence-corrected chi connectivity index (χ2v) is 3.27. The van der Waals surface area contributed by atoms with Crippen LogP contribution in [0, 0.1) is 0 Å². The summed E-state index contributed by atoms with van der Waals surface area (Å²) in [6.45, 7) is 2.04. The van der Waals surface area contributed by atoms with E-state index in [4.69, 9.17) is 15.3 Å². The van der Waals surface area contributed by atoms with Crippen LogP contribution in [-0.4, -0.2) is 25.3 Å². The molecule has 0 saturated heterocycles. The Morgan fingerprint density at radius 1 is 1.50 bits per heavy atom. The first-order valence-corrected chi connectivity index (χ1v) is 4.59. The van der Waals surface area contributed by atoms with E-state index in [0.29, 0.717) is 13.2 Å². The Morgan fingerprint density at radius 2 is 2.36 bits per heavy atom. The molecule has 0 fully saturated rings. The van der Waals surface area contributed by atoms with Gasteiger partial charge in [-0.05, 0) is 6.07 Å². The summed E-state index contributed by atoms with van der Waals surface area (Å²) in [6.07, 6.45) is 0. The highest BCUT2D eigenvalue weighted by atomic mass is 16.5. The molecule has 0 atom stereocenters. The molecule has 0 saturated carbocycles. The molecule has 4 heteroatoms. The zero-order chi connectivity index (χ0) is 9.97. The van der Waals surface area contributed by atoms with Crippen molar-refractivity contribution in [1.29, 1.82) is 0 Å². The third-order valence-electron chi connectivity index (χ3n) is 2.28. The van der Waals surface area contributed by atoms with Gasteiger partial charge in [-0.3, -0.25) is 5.84 Å². The maximum Gasteiger partial charge on any atom is 0.165 e. The summed E-state index contributed by atoms with van der Waals surface area (Å²) >= 11 is 0. The van der Waals surface area contributed by atoms with Crippen molar-refractivity contribution in [2.24, 2.45) is 5.84 Å². The Labute approximate surface area is 83.2 Å². The van der Waals surface area contributed by atoms with Crippen LogP contribution in [0.5, 0.6) is 11.5 Å². The number of hydrazine groups is 1. The maximum absolute atomic E-state index is 5.75. The molecule has 0 aliphatic carbocycles. The smallest absolute Gasteiger partial charge is 0.165 e. The number of benzene rings is 1. The third kappa shape index (κ3) is 1.66. The van der Waals surface area contributed by atoms with Gasteiger partial charge in [-0.25, -0.2) is 5.01 Å². The predicted molar refractivity (Wildman–Crippen MR) is 53.1 cm³/mol. The molecule has 0 bridgehead atoms. The highest BCUT2D eigenvalue weighted by molar-refractivity contribution is 5.46. The number of para-hydroxylation sites is 1. The largest absolute Gasteiger partial charge is 0.493 e. The van der Waals surface area contributed by atoms with Crippen molar-refractivity contribution in [1.82, 2.24) is 5.01 Å². The minimum atomic E-state index is 0.601. The summed E-state index contributed by atoms with van der Waals surface area (Å²) in [4.78, 5) is 0. The van der Waals surface area contributed by atoms with Gasteiger partial charge in [-0.1, -0.05) is 12.1 Å². The van der Waals surface area contributed by atoms with Crippen LogP contribution in [0.4, 0.5) is 0 Å². The van der Waals surface area contributed by atoms with Crippen molar-refractivity contribution in [3.63, 3.8) is 0 Å².